The minimum absolute atomic E-state index is 0.392. The van der Waals surface area contributed by atoms with Crippen molar-refractivity contribution in [3.63, 3.8) is 0 Å². The maximum atomic E-state index is 10.1. The lowest BCUT2D eigenvalue weighted by molar-refractivity contribution is 0.295. The van der Waals surface area contributed by atoms with Gasteiger partial charge in [-0.05, 0) is 25.0 Å². The van der Waals surface area contributed by atoms with Crippen molar-refractivity contribution < 1.29 is 38.8 Å². The fraction of sp³-hybridized carbons (Fsp3) is 0.800. The van der Waals surface area contributed by atoms with Gasteiger partial charge in [0.05, 0.1) is 13.2 Å². The van der Waals surface area contributed by atoms with Gasteiger partial charge in [0.2, 0.25) is 0 Å². The van der Waals surface area contributed by atoms with Crippen molar-refractivity contribution in [1.82, 2.24) is 0 Å². The van der Waals surface area contributed by atoms with Crippen LogP contribution in [0, 0.1) is 0 Å². The van der Waals surface area contributed by atoms with Crippen LogP contribution in [0.1, 0.15) is 142 Å². The van der Waals surface area contributed by atoms with Crippen LogP contribution in [0.5, 0.6) is 5.75 Å². The average molecular weight is 659 g/mol. The molecule has 0 spiro atoms. The highest BCUT2D eigenvalue weighted by molar-refractivity contribution is 7.74. The molecule has 3 atom stereocenters. The Morgan fingerprint density at radius 3 is 1.07 bits per heavy atom. The van der Waals surface area contributed by atoms with Gasteiger partial charge in [-0.1, -0.05) is 148 Å². The van der Waals surface area contributed by atoms with Gasteiger partial charge in [0.25, 0.3) is 0 Å². The number of hydrogen-bond donors (Lipinski definition) is 3. The molecule has 0 bridgehead atoms. The zero-order valence-electron chi connectivity index (χ0n) is 26.0. The monoisotopic (exact) mass is 658 g/mol. The number of hydrogen-bond acceptors (Lipinski definition) is 6. The molecule has 1 rings (SSSR count). The van der Waals surface area contributed by atoms with E-state index in [1.54, 1.807) is 30.3 Å². The summed E-state index contributed by atoms with van der Waals surface area (Å²) in [6.07, 6.45) is 25.3. The van der Waals surface area contributed by atoms with Crippen molar-refractivity contribution >= 4 is 34.1 Å². The molecule has 42 heavy (non-hydrogen) atoms. The fourth-order valence-electron chi connectivity index (χ4n) is 4.00. The summed E-state index contributed by atoms with van der Waals surface area (Å²) in [7, 11) is 0. The molecule has 0 aromatic heterocycles. The summed E-state index contributed by atoms with van der Waals surface area (Å²) in [6, 6.07) is 8.46. The lowest BCUT2D eigenvalue weighted by Gasteiger charge is -2.01. The fourth-order valence-corrected chi connectivity index (χ4v) is 4.79. The standard InChI is InChI=1S/2C12H26O3S.C6H6O3S/c2*1-2-3-4-5-6-7-8-9-10-11-12-15-16(13)14;7-10(8)9-6-4-2-1-3-5-6/h2*2-12H2,1H3,(H,13,14);1-5H,(H,7,8). The summed E-state index contributed by atoms with van der Waals surface area (Å²) in [5.41, 5.74) is 0. The molecule has 1 aromatic carbocycles. The molecule has 0 saturated carbocycles. The third kappa shape index (κ3) is 41.4. The van der Waals surface area contributed by atoms with Gasteiger partial charge in [0, 0.05) is 0 Å². The molecule has 0 heterocycles. The smallest absolute Gasteiger partial charge is 0.357 e. The largest absolute Gasteiger partial charge is 0.380 e. The van der Waals surface area contributed by atoms with Crippen LogP contribution in [-0.2, 0) is 42.5 Å². The SMILES string of the molecule is CCCCCCCCCCCCOS(=O)O.CCCCCCCCCCCCOS(=O)O.O=S(O)Oc1ccccc1. The van der Waals surface area contributed by atoms with E-state index in [-0.39, 0.29) is 0 Å². The van der Waals surface area contributed by atoms with E-state index in [0.717, 1.165) is 25.7 Å². The van der Waals surface area contributed by atoms with Gasteiger partial charge in [-0.2, -0.15) is 12.6 Å². The molecule has 3 N–H and O–H groups in total. The van der Waals surface area contributed by atoms with E-state index in [9.17, 15) is 12.6 Å². The van der Waals surface area contributed by atoms with Gasteiger partial charge >= 0.3 is 34.1 Å². The maximum absolute atomic E-state index is 10.1. The molecule has 12 heteroatoms. The van der Waals surface area contributed by atoms with Crippen molar-refractivity contribution in [2.24, 2.45) is 0 Å². The summed E-state index contributed by atoms with van der Waals surface area (Å²) >= 11 is -6.37. The van der Waals surface area contributed by atoms with E-state index in [1.165, 1.54) is 103 Å². The first kappa shape index (κ1) is 43.4. The van der Waals surface area contributed by atoms with Crippen LogP contribution >= 0.6 is 0 Å². The topological polar surface area (TPSA) is 140 Å². The molecule has 1 aromatic rings. The van der Waals surface area contributed by atoms with E-state index in [0.29, 0.717) is 19.0 Å². The van der Waals surface area contributed by atoms with Gasteiger partial charge in [-0.15, -0.1) is 0 Å². The molecule has 0 radical (unpaired) electrons. The summed E-state index contributed by atoms with van der Waals surface area (Å²) in [6.45, 7) is 5.28. The van der Waals surface area contributed by atoms with Gasteiger partial charge in [-0.25, -0.2) is 0 Å². The van der Waals surface area contributed by atoms with Gasteiger partial charge in [-0.3, -0.25) is 22.0 Å². The van der Waals surface area contributed by atoms with Crippen LogP contribution in [-0.4, -0.2) is 39.5 Å². The minimum atomic E-state index is -2.22. The van der Waals surface area contributed by atoms with E-state index in [1.807, 2.05) is 0 Å². The van der Waals surface area contributed by atoms with Crippen LogP contribution in [0.25, 0.3) is 0 Å². The second kappa shape index (κ2) is 36.5. The third-order valence-corrected chi connectivity index (χ3v) is 7.35. The number of rotatable bonds is 26. The van der Waals surface area contributed by atoms with Crippen molar-refractivity contribution in [3.05, 3.63) is 30.3 Å². The predicted octanol–water partition coefficient (Wildman–Crippen LogP) is 9.32. The quantitative estimate of drug-likeness (QED) is 0.0656. The number of benzene rings is 1. The zero-order chi connectivity index (χ0) is 31.5. The Hall–Kier alpha value is -0.730. The first-order chi connectivity index (χ1) is 20.3. The molecule has 0 fully saturated rings. The third-order valence-electron chi connectivity index (χ3n) is 6.27. The maximum Gasteiger partial charge on any atom is 0.357 e. The van der Waals surface area contributed by atoms with Crippen molar-refractivity contribution in [3.8, 4) is 5.75 Å². The highest BCUT2D eigenvalue weighted by Crippen LogP contribution is 2.12. The zero-order valence-corrected chi connectivity index (χ0v) is 28.4. The van der Waals surface area contributed by atoms with Crippen LogP contribution in [0.2, 0.25) is 0 Å². The van der Waals surface area contributed by atoms with Gasteiger partial charge in [0.15, 0.2) is 0 Å². The van der Waals surface area contributed by atoms with E-state index in [2.05, 4.69) is 26.4 Å². The molecule has 0 saturated heterocycles. The Balaban J connectivity index is 0. The number of para-hydroxylation sites is 1. The lowest BCUT2D eigenvalue weighted by Crippen LogP contribution is -1.97. The molecule has 9 nitrogen and oxygen atoms in total. The van der Waals surface area contributed by atoms with Crippen LogP contribution < -0.4 is 4.18 Å². The second-order valence-electron chi connectivity index (χ2n) is 10.1. The molecule has 0 aliphatic carbocycles. The van der Waals surface area contributed by atoms with Crippen molar-refractivity contribution in [2.75, 3.05) is 13.2 Å². The van der Waals surface area contributed by atoms with E-state index < -0.39 is 34.1 Å². The minimum Gasteiger partial charge on any atom is -0.380 e. The summed E-state index contributed by atoms with van der Waals surface area (Å²) in [5.74, 6) is 0.392. The average Bonchev–Trinajstić information content (AvgIpc) is 2.95. The van der Waals surface area contributed by atoms with Crippen molar-refractivity contribution in [1.29, 1.82) is 0 Å². The first-order valence-corrected chi connectivity index (χ1v) is 18.7. The molecule has 250 valence electrons. The predicted molar refractivity (Wildman–Crippen MR) is 175 cm³/mol. The van der Waals surface area contributed by atoms with Crippen LogP contribution in [0.3, 0.4) is 0 Å². The molecular weight excluding hydrogens is 601 g/mol. The van der Waals surface area contributed by atoms with Crippen molar-refractivity contribution in [2.45, 2.75) is 142 Å². The lowest BCUT2D eigenvalue weighted by atomic mass is 10.1. The highest BCUT2D eigenvalue weighted by atomic mass is 32.2. The van der Waals surface area contributed by atoms with E-state index >= 15 is 0 Å². The normalized spacial score (nSPS) is 12.8. The Labute approximate surface area is 263 Å². The van der Waals surface area contributed by atoms with Crippen LogP contribution in [0.4, 0.5) is 0 Å². The van der Waals surface area contributed by atoms with E-state index in [4.69, 9.17) is 13.7 Å². The first-order valence-electron chi connectivity index (χ1n) is 15.7. The summed E-state index contributed by atoms with van der Waals surface area (Å²) in [4.78, 5) is 0. The molecule has 0 amide bonds. The summed E-state index contributed by atoms with van der Waals surface area (Å²) in [5, 5.41) is 0. The molecular formula is C30H58O9S3. The molecule has 0 aliphatic rings. The molecule has 3 unspecified atom stereocenters. The Bertz CT molecular complexity index is 704. The van der Waals surface area contributed by atoms with Gasteiger partial charge in [0.1, 0.15) is 5.75 Å². The van der Waals surface area contributed by atoms with Crippen LogP contribution in [0.15, 0.2) is 30.3 Å². The Morgan fingerprint density at radius 1 is 0.476 bits per heavy atom. The highest BCUT2D eigenvalue weighted by Gasteiger charge is 1.96. The Morgan fingerprint density at radius 2 is 0.786 bits per heavy atom. The molecule has 0 aliphatic heterocycles. The second-order valence-corrected chi connectivity index (χ2v) is 12.0. The number of unbranched alkanes of at least 4 members (excludes halogenated alkanes) is 18. The summed E-state index contributed by atoms with van der Waals surface area (Å²) < 4.78 is 68.8. The Kier molecular flexibility index (Phi) is 37.7. The van der Waals surface area contributed by atoms with Gasteiger partial charge < -0.3 is 4.18 Å².